The van der Waals surface area contributed by atoms with Gasteiger partial charge in [-0.2, -0.15) is 0 Å². The van der Waals surface area contributed by atoms with Gasteiger partial charge in [0.15, 0.2) is 4.91 Å². The zero-order valence-corrected chi connectivity index (χ0v) is 19.2. The van der Waals surface area contributed by atoms with Crippen LogP contribution in [0.1, 0.15) is 21.5 Å². The predicted octanol–water partition coefficient (Wildman–Crippen LogP) is 3.13. The second-order valence-corrected chi connectivity index (χ2v) is 11.0. The van der Waals surface area contributed by atoms with Crippen molar-refractivity contribution in [2.45, 2.75) is 18.4 Å². The molecule has 1 heterocycles. The highest BCUT2D eigenvalue weighted by atomic mass is 32.2. The number of para-hydroxylation sites is 1. The average molecular weight is 484 g/mol. The molecule has 3 aromatic carbocycles. The van der Waals surface area contributed by atoms with Crippen LogP contribution in [-0.2, 0) is 26.6 Å². The predicted molar refractivity (Wildman–Crippen MR) is 127 cm³/mol. The standard InChI is InChI=1S/C23H21N3O5S2/c1-16-5-4-6-17(13-16)15-26-21-8-3-2-7-20(21)23(27)22(33(26,30)31)14-25-18-9-11-19(12-10-18)32(24,28)29/h2-14,25H,15H2,1H3,(H2,24,28,29)/b22-14+. The van der Waals surface area contributed by atoms with Crippen molar-refractivity contribution in [3.8, 4) is 0 Å². The fourth-order valence-corrected chi connectivity index (χ4v) is 5.60. The van der Waals surface area contributed by atoms with Gasteiger partial charge in [0, 0.05) is 17.5 Å². The number of rotatable bonds is 5. The molecule has 0 saturated heterocycles. The molecule has 0 radical (unpaired) electrons. The summed E-state index contributed by atoms with van der Waals surface area (Å²) in [5.74, 6) is -0.625. The maximum absolute atomic E-state index is 13.5. The maximum atomic E-state index is 13.5. The number of aryl methyl sites for hydroxylation is 1. The highest BCUT2D eigenvalue weighted by Gasteiger charge is 2.40. The molecular weight excluding hydrogens is 462 g/mol. The summed E-state index contributed by atoms with van der Waals surface area (Å²) in [6, 6.07) is 19.5. The minimum atomic E-state index is -4.17. The first-order valence-corrected chi connectivity index (χ1v) is 12.9. The minimum absolute atomic E-state index is 0.0642. The van der Waals surface area contributed by atoms with Crippen LogP contribution in [0.4, 0.5) is 11.4 Å². The Labute approximate surface area is 192 Å². The maximum Gasteiger partial charge on any atom is 0.270 e. The van der Waals surface area contributed by atoms with Gasteiger partial charge in [0.2, 0.25) is 15.8 Å². The van der Waals surface area contributed by atoms with Gasteiger partial charge < -0.3 is 5.32 Å². The van der Waals surface area contributed by atoms with E-state index in [1.54, 1.807) is 24.3 Å². The van der Waals surface area contributed by atoms with Crippen LogP contribution in [0.2, 0.25) is 0 Å². The van der Waals surface area contributed by atoms with Gasteiger partial charge in [0.05, 0.1) is 17.1 Å². The number of nitrogens with two attached hydrogens (primary N) is 1. The number of ketones is 1. The molecule has 1 aliphatic rings. The molecule has 0 unspecified atom stereocenters. The van der Waals surface area contributed by atoms with Crippen molar-refractivity contribution in [3.05, 3.63) is 101 Å². The molecule has 0 fully saturated rings. The number of anilines is 2. The second-order valence-electron chi connectivity index (χ2n) is 7.57. The molecule has 3 aromatic rings. The monoisotopic (exact) mass is 483 g/mol. The van der Waals surface area contributed by atoms with E-state index in [4.69, 9.17) is 5.14 Å². The van der Waals surface area contributed by atoms with Crippen LogP contribution in [-0.4, -0.2) is 22.6 Å². The van der Waals surface area contributed by atoms with Crippen LogP contribution < -0.4 is 14.8 Å². The van der Waals surface area contributed by atoms with Gasteiger partial charge in [-0.25, -0.2) is 22.0 Å². The molecule has 0 amide bonds. The Morgan fingerprint density at radius 2 is 1.70 bits per heavy atom. The van der Waals surface area contributed by atoms with Crippen LogP contribution >= 0.6 is 0 Å². The van der Waals surface area contributed by atoms with Gasteiger partial charge in [0.25, 0.3) is 10.0 Å². The molecule has 0 atom stereocenters. The molecule has 0 saturated carbocycles. The quantitative estimate of drug-likeness (QED) is 0.537. The van der Waals surface area contributed by atoms with E-state index in [9.17, 15) is 21.6 Å². The number of nitrogens with one attached hydrogen (secondary N) is 1. The zero-order valence-electron chi connectivity index (χ0n) is 17.6. The third-order valence-electron chi connectivity index (χ3n) is 5.17. The topological polar surface area (TPSA) is 127 Å². The number of hydrogen-bond donors (Lipinski definition) is 2. The fraction of sp³-hybridized carbons (Fsp3) is 0.0870. The Morgan fingerprint density at radius 1 is 1.00 bits per heavy atom. The molecule has 10 heteroatoms. The zero-order chi connectivity index (χ0) is 23.8. The van der Waals surface area contributed by atoms with Gasteiger partial charge in [-0.3, -0.25) is 9.10 Å². The Hall–Kier alpha value is -3.47. The van der Waals surface area contributed by atoms with Gasteiger partial charge in [-0.1, -0.05) is 42.0 Å². The van der Waals surface area contributed by atoms with E-state index in [1.165, 1.54) is 28.6 Å². The first-order chi connectivity index (χ1) is 15.6. The Balaban J connectivity index is 1.73. The smallest absolute Gasteiger partial charge is 0.270 e. The van der Waals surface area contributed by atoms with E-state index >= 15 is 0 Å². The van der Waals surface area contributed by atoms with Crippen molar-refractivity contribution < 1.29 is 21.6 Å². The molecule has 1 aliphatic heterocycles. The normalized spacial score (nSPS) is 16.5. The van der Waals surface area contributed by atoms with Crippen LogP contribution in [0.5, 0.6) is 0 Å². The summed E-state index contributed by atoms with van der Waals surface area (Å²) < 4.78 is 51.0. The van der Waals surface area contributed by atoms with E-state index in [1.807, 2.05) is 31.2 Å². The summed E-state index contributed by atoms with van der Waals surface area (Å²) in [7, 11) is -8.03. The van der Waals surface area contributed by atoms with Gasteiger partial charge >= 0.3 is 0 Å². The Morgan fingerprint density at radius 3 is 2.36 bits per heavy atom. The first-order valence-electron chi connectivity index (χ1n) is 9.89. The number of allylic oxidation sites excluding steroid dienone is 1. The van der Waals surface area contributed by atoms with Crippen molar-refractivity contribution >= 4 is 37.2 Å². The number of fused-ring (bicyclic) bond motifs is 1. The highest BCUT2D eigenvalue weighted by molar-refractivity contribution is 7.97. The summed E-state index contributed by atoms with van der Waals surface area (Å²) in [5, 5.41) is 7.87. The summed E-state index contributed by atoms with van der Waals surface area (Å²) in [4.78, 5) is 12.6. The van der Waals surface area contributed by atoms with E-state index in [2.05, 4.69) is 5.32 Å². The number of sulfonamides is 2. The van der Waals surface area contributed by atoms with Crippen LogP contribution in [0.3, 0.4) is 0 Å². The number of nitrogens with zero attached hydrogens (tertiary/aromatic N) is 1. The van der Waals surface area contributed by atoms with Crippen molar-refractivity contribution in [2.24, 2.45) is 5.14 Å². The Bertz CT molecular complexity index is 1480. The molecular formula is C23H21N3O5S2. The summed E-state index contributed by atoms with van der Waals surface area (Å²) in [5.41, 5.74) is 2.76. The third-order valence-corrected chi connectivity index (χ3v) is 7.87. The van der Waals surface area contributed by atoms with Gasteiger partial charge in [-0.15, -0.1) is 0 Å². The Kier molecular flexibility index (Phi) is 5.83. The van der Waals surface area contributed by atoms with E-state index in [0.29, 0.717) is 11.4 Å². The molecule has 0 spiro atoms. The number of carbonyl (C=O) groups is 1. The van der Waals surface area contributed by atoms with Crippen molar-refractivity contribution in [2.75, 3.05) is 9.62 Å². The molecule has 0 bridgehead atoms. The van der Waals surface area contributed by atoms with Gasteiger partial charge in [-0.05, 0) is 48.9 Å². The summed E-state index contributed by atoms with van der Waals surface area (Å²) in [6.07, 6.45) is 1.13. The molecule has 8 nitrogen and oxygen atoms in total. The molecule has 170 valence electrons. The summed E-state index contributed by atoms with van der Waals surface area (Å²) >= 11 is 0. The van der Waals surface area contributed by atoms with Crippen LogP contribution in [0, 0.1) is 6.92 Å². The van der Waals surface area contributed by atoms with Crippen molar-refractivity contribution in [1.82, 2.24) is 0 Å². The number of benzene rings is 3. The number of hydrogen-bond acceptors (Lipinski definition) is 6. The second kappa shape index (κ2) is 8.47. The number of Topliss-reactive ketones (excluding diaryl/α,β-unsaturated/α-hetero) is 1. The van der Waals surface area contributed by atoms with Crippen LogP contribution in [0.15, 0.2) is 88.8 Å². The molecule has 33 heavy (non-hydrogen) atoms. The van der Waals surface area contributed by atoms with Crippen molar-refractivity contribution in [3.63, 3.8) is 0 Å². The molecule has 4 rings (SSSR count). The van der Waals surface area contributed by atoms with Crippen molar-refractivity contribution in [1.29, 1.82) is 0 Å². The SMILES string of the molecule is Cc1cccc(CN2c3ccccc3C(=O)/C(=C\Nc3ccc(S(N)(=O)=O)cc3)S2(=O)=O)c1. The third kappa shape index (κ3) is 4.54. The molecule has 0 aliphatic carbocycles. The average Bonchev–Trinajstić information content (AvgIpc) is 2.76. The minimum Gasteiger partial charge on any atom is -0.360 e. The summed E-state index contributed by atoms with van der Waals surface area (Å²) in [6.45, 7) is 1.98. The van der Waals surface area contributed by atoms with E-state index < -0.39 is 30.7 Å². The lowest BCUT2D eigenvalue weighted by Crippen LogP contribution is -2.39. The fourth-order valence-electron chi connectivity index (χ4n) is 3.56. The lowest BCUT2D eigenvalue weighted by atomic mass is 10.1. The lowest BCUT2D eigenvalue weighted by Gasteiger charge is -2.31. The number of carbonyl (C=O) groups excluding carboxylic acids is 1. The largest absolute Gasteiger partial charge is 0.360 e. The molecule has 0 aromatic heterocycles. The number of primary sulfonamides is 1. The first kappa shape index (κ1) is 22.7. The lowest BCUT2D eigenvalue weighted by molar-refractivity contribution is 0.104. The van der Waals surface area contributed by atoms with E-state index in [-0.39, 0.29) is 17.0 Å². The molecule has 3 N–H and O–H groups in total. The highest BCUT2D eigenvalue weighted by Crippen LogP contribution is 2.36. The van der Waals surface area contributed by atoms with E-state index in [0.717, 1.165) is 17.3 Å². The van der Waals surface area contributed by atoms with Crippen LogP contribution in [0.25, 0.3) is 0 Å². The van der Waals surface area contributed by atoms with Gasteiger partial charge in [0.1, 0.15) is 0 Å².